The van der Waals surface area contributed by atoms with Crippen LogP contribution in [-0.2, 0) is 4.74 Å². The Morgan fingerprint density at radius 2 is 2.15 bits per heavy atom. The lowest BCUT2D eigenvalue weighted by Gasteiger charge is -2.04. The summed E-state index contributed by atoms with van der Waals surface area (Å²) in [7, 11) is 0. The lowest BCUT2D eigenvalue weighted by Crippen LogP contribution is -2.07. The Kier molecular flexibility index (Phi) is 4.20. The monoisotopic (exact) mass is 294 g/mol. The van der Waals surface area contributed by atoms with Crippen molar-refractivity contribution in [2.24, 2.45) is 0 Å². The van der Waals surface area contributed by atoms with Gasteiger partial charge in [0.15, 0.2) is 0 Å². The molecule has 0 aliphatic rings. The number of aromatic nitrogens is 2. The zero-order valence-corrected chi connectivity index (χ0v) is 11.2. The molecule has 0 saturated carbocycles. The summed E-state index contributed by atoms with van der Waals surface area (Å²) in [5.41, 5.74) is 0.672. The fourth-order valence-corrected chi connectivity index (χ4v) is 1.98. The number of hydrogen-bond acceptors (Lipinski definition) is 8. The summed E-state index contributed by atoms with van der Waals surface area (Å²) in [6, 6.07) is 5.79. The molecule has 2 rings (SSSR count). The van der Waals surface area contributed by atoms with E-state index in [2.05, 4.69) is 14.9 Å². The van der Waals surface area contributed by atoms with Crippen LogP contribution >= 0.6 is 11.5 Å². The molecule has 1 heterocycles. The Balaban J connectivity index is 2.16. The third-order valence-corrected chi connectivity index (χ3v) is 2.93. The number of hydrogen-bond donors (Lipinski definition) is 1. The van der Waals surface area contributed by atoms with Gasteiger partial charge in [0.25, 0.3) is 5.69 Å². The number of rotatable bonds is 5. The van der Waals surface area contributed by atoms with Gasteiger partial charge in [-0.3, -0.25) is 10.1 Å². The van der Waals surface area contributed by atoms with Crippen molar-refractivity contribution in [1.82, 2.24) is 9.59 Å². The van der Waals surface area contributed by atoms with Crippen LogP contribution in [0.5, 0.6) is 0 Å². The molecule has 1 aromatic carbocycles. The van der Waals surface area contributed by atoms with E-state index in [-0.39, 0.29) is 18.0 Å². The Morgan fingerprint density at radius 1 is 1.45 bits per heavy atom. The Labute approximate surface area is 117 Å². The first-order valence-electron chi connectivity index (χ1n) is 5.62. The molecular formula is C11H10N4O4S. The summed E-state index contributed by atoms with van der Waals surface area (Å²) in [6.45, 7) is 1.94. The van der Waals surface area contributed by atoms with Crippen LogP contribution in [-0.4, -0.2) is 27.1 Å². The number of anilines is 2. The van der Waals surface area contributed by atoms with Gasteiger partial charge in [-0.1, -0.05) is 4.49 Å². The maximum Gasteiger partial charge on any atom is 0.362 e. The molecule has 0 aliphatic carbocycles. The van der Waals surface area contributed by atoms with Crippen LogP contribution in [0.15, 0.2) is 24.3 Å². The number of nitro groups is 1. The standard InChI is InChI=1S/C11H10N4O4S/c1-2-19-11(16)9-10(20-14-13-9)12-7-3-5-8(6-4-7)15(17)18/h3-6,12H,2H2,1H3. The average molecular weight is 294 g/mol. The van der Waals surface area contributed by atoms with Crippen molar-refractivity contribution in [2.45, 2.75) is 6.92 Å². The van der Waals surface area contributed by atoms with Gasteiger partial charge in [-0.05, 0) is 19.1 Å². The third-order valence-electron chi connectivity index (χ3n) is 2.29. The number of nitrogens with one attached hydrogen (secondary N) is 1. The molecule has 1 aromatic heterocycles. The van der Waals surface area contributed by atoms with Crippen molar-refractivity contribution < 1.29 is 14.5 Å². The summed E-state index contributed by atoms with van der Waals surface area (Å²) in [4.78, 5) is 21.7. The number of esters is 1. The van der Waals surface area contributed by atoms with E-state index in [1.54, 1.807) is 6.92 Å². The van der Waals surface area contributed by atoms with Gasteiger partial charge in [-0.2, -0.15) is 0 Å². The van der Waals surface area contributed by atoms with E-state index in [4.69, 9.17) is 4.74 Å². The van der Waals surface area contributed by atoms with Crippen LogP contribution in [0.2, 0.25) is 0 Å². The molecule has 0 fully saturated rings. The number of benzene rings is 1. The third kappa shape index (κ3) is 3.06. The molecule has 0 atom stereocenters. The fourth-order valence-electron chi connectivity index (χ4n) is 1.40. The van der Waals surface area contributed by atoms with Gasteiger partial charge in [0, 0.05) is 29.4 Å². The molecule has 9 heteroatoms. The van der Waals surface area contributed by atoms with Gasteiger partial charge >= 0.3 is 5.97 Å². The second-order valence-corrected chi connectivity index (χ2v) is 4.35. The predicted molar refractivity (Wildman–Crippen MR) is 72.2 cm³/mol. The second kappa shape index (κ2) is 6.06. The average Bonchev–Trinajstić information content (AvgIpc) is 2.88. The van der Waals surface area contributed by atoms with Crippen molar-refractivity contribution in [2.75, 3.05) is 11.9 Å². The highest BCUT2D eigenvalue weighted by atomic mass is 32.1. The van der Waals surface area contributed by atoms with E-state index >= 15 is 0 Å². The van der Waals surface area contributed by atoms with Crippen LogP contribution in [0.25, 0.3) is 0 Å². The normalized spacial score (nSPS) is 10.1. The van der Waals surface area contributed by atoms with Crippen LogP contribution in [0.3, 0.4) is 0 Å². The summed E-state index contributed by atoms with van der Waals surface area (Å²) < 4.78 is 8.54. The smallest absolute Gasteiger partial charge is 0.362 e. The van der Waals surface area contributed by atoms with Gasteiger partial charge < -0.3 is 10.1 Å². The number of non-ortho nitro benzene ring substituents is 1. The highest BCUT2D eigenvalue weighted by Gasteiger charge is 2.18. The minimum absolute atomic E-state index is 0.0106. The largest absolute Gasteiger partial charge is 0.461 e. The van der Waals surface area contributed by atoms with Crippen LogP contribution in [0.4, 0.5) is 16.4 Å². The van der Waals surface area contributed by atoms with Crippen LogP contribution in [0, 0.1) is 10.1 Å². The number of ether oxygens (including phenoxy) is 1. The van der Waals surface area contributed by atoms with E-state index in [1.807, 2.05) is 0 Å². The molecule has 0 bridgehead atoms. The molecule has 0 spiro atoms. The first kappa shape index (κ1) is 13.9. The van der Waals surface area contributed by atoms with Gasteiger partial charge in [0.05, 0.1) is 11.5 Å². The van der Waals surface area contributed by atoms with Crippen LogP contribution in [0.1, 0.15) is 17.4 Å². The zero-order valence-electron chi connectivity index (χ0n) is 10.4. The maximum atomic E-state index is 11.6. The molecule has 0 unspecified atom stereocenters. The van der Waals surface area contributed by atoms with Gasteiger partial charge in [-0.15, -0.1) is 5.10 Å². The van der Waals surface area contributed by atoms with Gasteiger partial charge in [0.1, 0.15) is 5.00 Å². The van der Waals surface area contributed by atoms with E-state index in [0.717, 1.165) is 11.5 Å². The van der Waals surface area contributed by atoms with E-state index in [9.17, 15) is 14.9 Å². The molecule has 0 aliphatic heterocycles. The lowest BCUT2D eigenvalue weighted by atomic mass is 10.3. The van der Waals surface area contributed by atoms with Crippen molar-refractivity contribution >= 4 is 33.9 Å². The van der Waals surface area contributed by atoms with E-state index < -0.39 is 10.9 Å². The number of carbonyl (C=O) groups excluding carboxylic acids is 1. The summed E-state index contributed by atoms with van der Waals surface area (Å²) in [5, 5.41) is 17.6. The molecule has 0 radical (unpaired) electrons. The van der Waals surface area contributed by atoms with Crippen molar-refractivity contribution in [3.63, 3.8) is 0 Å². The maximum absolute atomic E-state index is 11.6. The van der Waals surface area contributed by atoms with Gasteiger partial charge in [-0.25, -0.2) is 4.79 Å². The fraction of sp³-hybridized carbons (Fsp3) is 0.182. The highest BCUT2D eigenvalue weighted by Crippen LogP contribution is 2.25. The van der Waals surface area contributed by atoms with Crippen molar-refractivity contribution in [1.29, 1.82) is 0 Å². The topological polar surface area (TPSA) is 107 Å². The summed E-state index contributed by atoms with van der Waals surface area (Å²) in [5.74, 6) is -0.564. The quantitative estimate of drug-likeness (QED) is 0.512. The van der Waals surface area contributed by atoms with Crippen molar-refractivity contribution in [3.05, 3.63) is 40.1 Å². The molecule has 8 nitrogen and oxygen atoms in total. The Morgan fingerprint density at radius 3 is 2.75 bits per heavy atom. The molecule has 20 heavy (non-hydrogen) atoms. The zero-order chi connectivity index (χ0) is 14.5. The molecule has 0 saturated heterocycles. The number of nitro benzene ring substituents is 1. The molecule has 104 valence electrons. The van der Waals surface area contributed by atoms with Gasteiger partial charge in [0.2, 0.25) is 5.69 Å². The predicted octanol–water partition coefficient (Wildman–Crippen LogP) is 2.37. The van der Waals surface area contributed by atoms with E-state index in [1.165, 1.54) is 24.3 Å². The molecular weight excluding hydrogens is 284 g/mol. The first-order valence-corrected chi connectivity index (χ1v) is 6.40. The minimum Gasteiger partial charge on any atom is -0.461 e. The van der Waals surface area contributed by atoms with Crippen molar-refractivity contribution in [3.8, 4) is 0 Å². The lowest BCUT2D eigenvalue weighted by molar-refractivity contribution is -0.384. The van der Waals surface area contributed by atoms with Crippen LogP contribution < -0.4 is 5.32 Å². The molecule has 0 amide bonds. The van der Waals surface area contributed by atoms with E-state index in [0.29, 0.717) is 10.7 Å². The molecule has 2 aromatic rings. The summed E-state index contributed by atoms with van der Waals surface area (Å²) in [6.07, 6.45) is 0. The molecule has 1 N–H and O–H groups in total. The highest BCUT2D eigenvalue weighted by molar-refractivity contribution is 7.10. The number of nitrogens with zero attached hydrogens (tertiary/aromatic N) is 3. The second-order valence-electron chi connectivity index (χ2n) is 3.60. The number of carbonyl (C=O) groups is 1. The SMILES string of the molecule is CCOC(=O)c1nnsc1Nc1ccc([N+](=O)[O-])cc1. The first-order chi connectivity index (χ1) is 9.61. The minimum atomic E-state index is -0.564. The Hall–Kier alpha value is -2.55. The summed E-state index contributed by atoms with van der Waals surface area (Å²) >= 11 is 1.00. The Bertz CT molecular complexity index is 626.